The Balaban J connectivity index is 2.39. The zero-order chi connectivity index (χ0) is 15.6. The second-order valence-electron chi connectivity index (χ2n) is 4.06. The van der Waals surface area contributed by atoms with Crippen molar-refractivity contribution >= 4 is 24.7 Å². The van der Waals surface area contributed by atoms with Crippen LogP contribution >= 0.6 is 7.60 Å². The van der Waals surface area contributed by atoms with Crippen LogP contribution < -0.4 is 15.7 Å². The minimum Gasteiger partial charge on any atom is -0.395 e. The van der Waals surface area contributed by atoms with Crippen LogP contribution in [-0.2, 0) is 9.30 Å². The molecule has 2 aromatic rings. The zero-order valence-corrected chi connectivity index (χ0v) is 12.1. The van der Waals surface area contributed by atoms with Gasteiger partial charge in [-0.25, -0.2) is 4.98 Å². The average Bonchev–Trinajstić information content (AvgIpc) is 2.79. The van der Waals surface area contributed by atoms with Gasteiger partial charge in [-0.1, -0.05) is 0 Å². The second-order valence-corrected chi connectivity index (χ2v) is 5.97. The maximum atomic E-state index is 11.8. The summed E-state index contributed by atoms with van der Waals surface area (Å²) in [7, 11) is -2.98. The van der Waals surface area contributed by atoms with E-state index in [1.54, 1.807) is 0 Å². The summed E-state index contributed by atoms with van der Waals surface area (Å²) < 4.78 is 16.8. The van der Waals surface area contributed by atoms with E-state index in [1.807, 2.05) is 0 Å². The van der Waals surface area contributed by atoms with Gasteiger partial charge in [-0.3, -0.25) is 14.3 Å². The van der Waals surface area contributed by atoms with E-state index in [-0.39, 0.29) is 23.8 Å². The van der Waals surface area contributed by atoms with Gasteiger partial charge in [-0.05, 0) is 6.92 Å². The number of ether oxygens (including phenoxy) is 1. The maximum Gasteiger partial charge on any atom is 0.368 e. The molecule has 0 fully saturated rings. The predicted octanol–water partition coefficient (Wildman–Crippen LogP) is -0.912. The summed E-state index contributed by atoms with van der Waals surface area (Å²) in [6.45, 7) is 1.31. The van der Waals surface area contributed by atoms with E-state index in [0.717, 1.165) is 11.1 Å². The summed E-state index contributed by atoms with van der Waals surface area (Å²) in [4.78, 5) is 45.2. The molecule has 21 heavy (non-hydrogen) atoms. The Morgan fingerprint density at radius 2 is 2.29 bits per heavy atom. The molecule has 2 rings (SSSR count). The van der Waals surface area contributed by atoms with Crippen molar-refractivity contribution < 1.29 is 23.9 Å². The molecule has 0 radical (unpaired) electrons. The number of aromatic nitrogens is 4. The topological polar surface area (TPSA) is 152 Å². The van der Waals surface area contributed by atoms with Crippen LogP contribution in [0.5, 0.6) is 0 Å². The molecule has 0 bridgehead atoms. The number of nitrogens with zero attached hydrogens (tertiary/aromatic N) is 3. The van der Waals surface area contributed by atoms with Crippen LogP contribution in [0.1, 0.15) is 6.92 Å². The molecular weight excluding hydrogens is 305 g/mol. The average molecular weight is 319 g/mol. The summed E-state index contributed by atoms with van der Waals surface area (Å²) >= 11 is 0. The fraction of sp³-hybridized carbons (Fsp3) is 0.444. The van der Waals surface area contributed by atoms with Crippen LogP contribution in [0.2, 0.25) is 0 Å². The zero-order valence-electron chi connectivity index (χ0n) is 11.2. The van der Waals surface area contributed by atoms with Crippen LogP contribution in [0.25, 0.3) is 11.2 Å². The molecular formula is C9H14N5O6P. The van der Waals surface area contributed by atoms with Gasteiger partial charge in [-0.15, -0.1) is 0 Å². The first-order valence-corrected chi connectivity index (χ1v) is 7.43. The van der Waals surface area contributed by atoms with E-state index in [1.165, 1.54) is 14.0 Å². The highest BCUT2D eigenvalue weighted by Gasteiger charge is 2.27. The minimum absolute atomic E-state index is 0.0177. The molecule has 0 amide bonds. The standard InChI is InChI=1S/C9H14N5O6P/c1-5(21(16,17)18)20-14-3-10-6-7(14)12-9(11-4-19-2)13-8(6)15/h3,5H,4H2,1-2H3,(H2,16,17,18)(H2,11,12,13,15). The quantitative estimate of drug-likeness (QED) is 0.391. The van der Waals surface area contributed by atoms with Crippen LogP contribution in [0.3, 0.4) is 0 Å². The number of aromatic amines is 1. The van der Waals surface area contributed by atoms with Crippen molar-refractivity contribution in [2.45, 2.75) is 12.8 Å². The van der Waals surface area contributed by atoms with Crippen LogP contribution in [0.4, 0.5) is 5.95 Å². The Morgan fingerprint density at radius 3 is 2.90 bits per heavy atom. The van der Waals surface area contributed by atoms with Crippen LogP contribution in [0, 0.1) is 0 Å². The molecule has 0 saturated carbocycles. The van der Waals surface area contributed by atoms with Gasteiger partial charge in [-0.2, -0.15) is 9.71 Å². The van der Waals surface area contributed by atoms with E-state index in [9.17, 15) is 9.36 Å². The molecule has 0 aliphatic carbocycles. The Morgan fingerprint density at radius 1 is 1.57 bits per heavy atom. The summed E-state index contributed by atoms with van der Waals surface area (Å²) in [5.41, 5.74) is -0.515. The summed E-state index contributed by atoms with van der Waals surface area (Å²) in [6, 6.07) is 0. The first-order valence-electron chi connectivity index (χ1n) is 5.75. The SMILES string of the molecule is COCNc1nc2c(ncn2OC(C)P(=O)(O)O)c(=O)[nH]1. The normalized spacial score (nSPS) is 13.3. The fourth-order valence-electron chi connectivity index (χ4n) is 1.42. The molecule has 0 saturated heterocycles. The van der Waals surface area contributed by atoms with Crippen molar-refractivity contribution in [1.82, 2.24) is 19.7 Å². The molecule has 0 aliphatic rings. The van der Waals surface area contributed by atoms with Gasteiger partial charge in [0.25, 0.3) is 5.56 Å². The highest BCUT2D eigenvalue weighted by atomic mass is 31.2. The third kappa shape index (κ3) is 3.39. The molecule has 11 nitrogen and oxygen atoms in total. The number of hydrogen-bond donors (Lipinski definition) is 4. The predicted molar refractivity (Wildman–Crippen MR) is 71.7 cm³/mol. The molecule has 4 N–H and O–H groups in total. The lowest BCUT2D eigenvalue weighted by Gasteiger charge is -2.15. The molecule has 2 heterocycles. The first kappa shape index (κ1) is 15.4. The number of anilines is 1. The van der Waals surface area contributed by atoms with Gasteiger partial charge in [0.05, 0.1) is 0 Å². The molecule has 0 spiro atoms. The first-order chi connectivity index (χ1) is 9.82. The Kier molecular flexibility index (Phi) is 4.28. The number of hydrogen-bond acceptors (Lipinski definition) is 7. The molecule has 1 unspecified atom stereocenters. The van der Waals surface area contributed by atoms with Crippen molar-refractivity contribution in [3.05, 3.63) is 16.7 Å². The van der Waals surface area contributed by atoms with E-state index in [2.05, 4.69) is 20.3 Å². The van der Waals surface area contributed by atoms with Crippen molar-refractivity contribution in [3.63, 3.8) is 0 Å². The Hall–Kier alpha value is -1.94. The third-order valence-corrected chi connectivity index (χ3v) is 3.54. The highest BCUT2D eigenvalue weighted by Crippen LogP contribution is 2.40. The van der Waals surface area contributed by atoms with Gasteiger partial charge in [0.2, 0.25) is 17.4 Å². The van der Waals surface area contributed by atoms with Gasteiger partial charge < -0.3 is 24.7 Å². The van der Waals surface area contributed by atoms with E-state index in [4.69, 9.17) is 19.4 Å². The molecule has 2 aromatic heterocycles. The number of fused-ring (bicyclic) bond motifs is 1. The van der Waals surface area contributed by atoms with Crippen molar-refractivity contribution in [2.24, 2.45) is 0 Å². The monoisotopic (exact) mass is 319 g/mol. The van der Waals surface area contributed by atoms with E-state index >= 15 is 0 Å². The molecule has 0 aliphatic heterocycles. The smallest absolute Gasteiger partial charge is 0.368 e. The van der Waals surface area contributed by atoms with E-state index < -0.39 is 19.0 Å². The third-order valence-electron chi connectivity index (χ3n) is 2.50. The van der Waals surface area contributed by atoms with Crippen molar-refractivity contribution in [2.75, 3.05) is 19.2 Å². The van der Waals surface area contributed by atoms with Gasteiger partial charge in [0, 0.05) is 7.11 Å². The van der Waals surface area contributed by atoms with Gasteiger partial charge in [0.1, 0.15) is 13.1 Å². The van der Waals surface area contributed by atoms with Crippen LogP contribution in [-0.4, -0.2) is 49.2 Å². The largest absolute Gasteiger partial charge is 0.395 e. The molecule has 12 heteroatoms. The highest BCUT2D eigenvalue weighted by molar-refractivity contribution is 7.52. The number of nitrogens with one attached hydrogen (secondary N) is 2. The number of methoxy groups -OCH3 is 1. The lowest BCUT2D eigenvalue weighted by molar-refractivity contribution is 0.0839. The van der Waals surface area contributed by atoms with Crippen molar-refractivity contribution in [3.8, 4) is 0 Å². The molecule has 1 atom stereocenters. The Bertz CT molecular complexity index is 736. The number of H-pyrrole nitrogens is 1. The molecule has 116 valence electrons. The van der Waals surface area contributed by atoms with Gasteiger partial charge >= 0.3 is 7.60 Å². The van der Waals surface area contributed by atoms with E-state index in [0.29, 0.717) is 0 Å². The fourth-order valence-corrected chi connectivity index (χ4v) is 1.64. The Labute approximate surface area is 118 Å². The number of imidazole rings is 1. The second kappa shape index (κ2) is 5.82. The number of rotatable bonds is 6. The summed E-state index contributed by atoms with van der Waals surface area (Å²) in [5, 5.41) is 2.69. The lowest BCUT2D eigenvalue weighted by atomic mass is 10.5. The van der Waals surface area contributed by atoms with Crippen molar-refractivity contribution in [1.29, 1.82) is 0 Å². The van der Waals surface area contributed by atoms with Gasteiger partial charge in [0.15, 0.2) is 5.52 Å². The lowest BCUT2D eigenvalue weighted by Crippen LogP contribution is -2.23. The molecule has 0 aromatic carbocycles. The summed E-state index contributed by atoms with van der Waals surface area (Å²) in [6.07, 6.45) is 1.11. The minimum atomic E-state index is -4.44. The summed E-state index contributed by atoms with van der Waals surface area (Å²) in [5.74, 6) is -1.30. The maximum absolute atomic E-state index is 11.8. The van der Waals surface area contributed by atoms with Crippen LogP contribution in [0.15, 0.2) is 11.1 Å².